The van der Waals surface area contributed by atoms with E-state index in [4.69, 9.17) is 4.52 Å². The predicted molar refractivity (Wildman–Crippen MR) is 87.3 cm³/mol. The van der Waals surface area contributed by atoms with Crippen LogP contribution in [-0.2, 0) is 19.3 Å². The van der Waals surface area contributed by atoms with Gasteiger partial charge in [-0.3, -0.25) is 4.79 Å². The number of hydrogen-bond acceptors (Lipinski definition) is 3. The SMILES string of the molecule is C[C@@H]1CCc2onc(C(=O)N[C@@H]3CCCc4ccccc43)c2C1. The van der Waals surface area contributed by atoms with Crippen molar-refractivity contribution < 1.29 is 9.32 Å². The van der Waals surface area contributed by atoms with Crippen LogP contribution in [0.25, 0.3) is 0 Å². The van der Waals surface area contributed by atoms with Gasteiger partial charge in [0.2, 0.25) is 0 Å². The van der Waals surface area contributed by atoms with E-state index in [0.29, 0.717) is 11.6 Å². The monoisotopic (exact) mass is 310 g/mol. The lowest BCUT2D eigenvalue weighted by Gasteiger charge is -2.26. The molecule has 0 saturated heterocycles. The van der Waals surface area contributed by atoms with E-state index in [-0.39, 0.29) is 11.9 Å². The first-order valence-corrected chi connectivity index (χ1v) is 8.58. The summed E-state index contributed by atoms with van der Waals surface area (Å²) in [4.78, 5) is 12.7. The minimum absolute atomic E-state index is 0.0841. The molecule has 0 bridgehead atoms. The molecule has 2 aromatic rings. The first kappa shape index (κ1) is 14.5. The van der Waals surface area contributed by atoms with Gasteiger partial charge in [-0.1, -0.05) is 36.3 Å². The molecule has 1 heterocycles. The van der Waals surface area contributed by atoms with Crippen LogP contribution in [0, 0.1) is 5.92 Å². The smallest absolute Gasteiger partial charge is 0.274 e. The Morgan fingerprint density at radius 2 is 2.13 bits per heavy atom. The molecule has 4 nitrogen and oxygen atoms in total. The van der Waals surface area contributed by atoms with Crippen LogP contribution in [0.1, 0.15) is 65.2 Å². The number of carbonyl (C=O) groups excluding carboxylic acids is 1. The summed E-state index contributed by atoms with van der Waals surface area (Å²) in [5.74, 6) is 1.40. The van der Waals surface area contributed by atoms with Crippen molar-refractivity contribution in [3.05, 3.63) is 52.4 Å². The topological polar surface area (TPSA) is 55.1 Å². The van der Waals surface area contributed by atoms with Crippen molar-refractivity contribution in [3.63, 3.8) is 0 Å². The second-order valence-corrected chi connectivity index (χ2v) is 6.90. The Kier molecular flexibility index (Phi) is 3.68. The fourth-order valence-corrected chi connectivity index (χ4v) is 3.89. The van der Waals surface area contributed by atoms with Crippen LogP contribution in [0.3, 0.4) is 0 Å². The van der Waals surface area contributed by atoms with E-state index < -0.39 is 0 Å². The number of benzene rings is 1. The molecule has 4 rings (SSSR count). The van der Waals surface area contributed by atoms with Gasteiger partial charge in [-0.15, -0.1) is 0 Å². The molecule has 2 aliphatic carbocycles. The van der Waals surface area contributed by atoms with Gasteiger partial charge < -0.3 is 9.84 Å². The molecular formula is C19H22N2O2. The molecule has 4 heteroatoms. The summed E-state index contributed by atoms with van der Waals surface area (Å²) < 4.78 is 5.40. The van der Waals surface area contributed by atoms with Gasteiger partial charge in [-0.05, 0) is 49.1 Å². The van der Waals surface area contributed by atoms with Gasteiger partial charge in [-0.25, -0.2) is 0 Å². The Balaban J connectivity index is 1.57. The minimum atomic E-state index is -0.0918. The number of aromatic nitrogens is 1. The average Bonchev–Trinajstić information content (AvgIpc) is 2.98. The molecule has 1 amide bonds. The first-order valence-electron chi connectivity index (χ1n) is 8.58. The molecule has 2 aliphatic rings. The largest absolute Gasteiger partial charge is 0.360 e. The van der Waals surface area contributed by atoms with Crippen LogP contribution in [-0.4, -0.2) is 11.1 Å². The maximum atomic E-state index is 12.7. The zero-order valence-corrected chi connectivity index (χ0v) is 13.5. The Bertz CT molecular complexity index is 735. The molecule has 0 fully saturated rings. The van der Waals surface area contributed by atoms with E-state index in [1.54, 1.807) is 0 Å². The van der Waals surface area contributed by atoms with Gasteiger partial charge in [0.05, 0.1) is 6.04 Å². The fraction of sp³-hybridized carbons (Fsp3) is 0.474. The molecule has 120 valence electrons. The number of hydrogen-bond donors (Lipinski definition) is 1. The predicted octanol–water partition coefficient (Wildman–Crippen LogP) is 3.61. The van der Waals surface area contributed by atoms with Gasteiger partial charge in [0, 0.05) is 12.0 Å². The van der Waals surface area contributed by atoms with Crippen LogP contribution in [0.2, 0.25) is 0 Å². The van der Waals surface area contributed by atoms with Gasteiger partial charge in [0.15, 0.2) is 5.69 Å². The summed E-state index contributed by atoms with van der Waals surface area (Å²) in [5.41, 5.74) is 4.11. The third kappa shape index (κ3) is 2.67. The maximum absolute atomic E-state index is 12.7. The third-order valence-electron chi connectivity index (χ3n) is 5.18. The molecule has 1 aromatic carbocycles. The van der Waals surface area contributed by atoms with E-state index in [1.807, 2.05) is 6.07 Å². The van der Waals surface area contributed by atoms with Crippen LogP contribution >= 0.6 is 0 Å². The quantitative estimate of drug-likeness (QED) is 0.922. The molecular weight excluding hydrogens is 288 g/mol. The third-order valence-corrected chi connectivity index (χ3v) is 5.18. The van der Waals surface area contributed by atoms with Crippen LogP contribution in [0.5, 0.6) is 0 Å². The normalized spacial score (nSPS) is 23.0. The number of aryl methyl sites for hydroxylation is 2. The molecule has 23 heavy (non-hydrogen) atoms. The maximum Gasteiger partial charge on any atom is 0.274 e. The van der Waals surface area contributed by atoms with E-state index in [2.05, 4.69) is 35.6 Å². The molecule has 0 unspecified atom stereocenters. The van der Waals surface area contributed by atoms with Gasteiger partial charge in [-0.2, -0.15) is 0 Å². The second-order valence-electron chi connectivity index (χ2n) is 6.90. The molecule has 0 spiro atoms. The lowest BCUT2D eigenvalue weighted by Crippen LogP contribution is -2.32. The van der Waals surface area contributed by atoms with Gasteiger partial charge in [0.25, 0.3) is 5.91 Å². The highest BCUT2D eigenvalue weighted by Crippen LogP contribution is 2.31. The lowest BCUT2D eigenvalue weighted by molar-refractivity contribution is 0.0922. The van der Waals surface area contributed by atoms with Crippen molar-refractivity contribution in [1.29, 1.82) is 0 Å². The van der Waals surface area contributed by atoms with Crippen LogP contribution in [0.4, 0.5) is 0 Å². The Labute approximate surface area is 136 Å². The molecule has 1 N–H and O–H groups in total. The highest BCUT2D eigenvalue weighted by Gasteiger charge is 2.29. The van der Waals surface area contributed by atoms with Crippen molar-refractivity contribution in [1.82, 2.24) is 10.5 Å². The van der Waals surface area contributed by atoms with Crippen molar-refractivity contribution in [2.75, 3.05) is 0 Å². The number of nitrogens with zero attached hydrogens (tertiary/aromatic N) is 1. The molecule has 0 radical (unpaired) electrons. The summed E-state index contributed by atoms with van der Waals surface area (Å²) in [7, 11) is 0. The lowest BCUT2D eigenvalue weighted by atomic mass is 9.86. The van der Waals surface area contributed by atoms with Crippen molar-refractivity contribution in [3.8, 4) is 0 Å². The molecule has 0 saturated carbocycles. The van der Waals surface area contributed by atoms with Crippen molar-refractivity contribution in [2.24, 2.45) is 5.92 Å². The standard InChI is InChI=1S/C19H22N2O2/c1-12-9-10-17-15(11-12)18(21-23-17)19(22)20-16-8-4-6-13-5-2-3-7-14(13)16/h2-3,5,7,12,16H,4,6,8-11H2,1H3,(H,20,22)/t12-,16-/m1/s1. The summed E-state index contributed by atoms with van der Waals surface area (Å²) in [6.45, 7) is 2.22. The average molecular weight is 310 g/mol. The zero-order chi connectivity index (χ0) is 15.8. The molecule has 2 atom stereocenters. The minimum Gasteiger partial charge on any atom is -0.360 e. The Hall–Kier alpha value is -2.10. The van der Waals surface area contributed by atoms with E-state index in [9.17, 15) is 4.79 Å². The second kappa shape index (κ2) is 5.84. The summed E-state index contributed by atoms with van der Waals surface area (Å²) in [6, 6.07) is 8.48. The molecule has 0 aliphatic heterocycles. The highest BCUT2D eigenvalue weighted by molar-refractivity contribution is 5.94. The van der Waals surface area contributed by atoms with E-state index in [0.717, 1.165) is 49.8 Å². The Morgan fingerprint density at radius 3 is 3.04 bits per heavy atom. The Morgan fingerprint density at radius 1 is 1.26 bits per heavy atom. The number of carbonyl (C=O) groups is 1. The number of amides is 1. The summed E-state index contributed by atoms with van der Waals surface area (Å²) in [6.07, 6.45) is 6.08. The van der Waals surface area contributed by atoms with Crippen molar-refractivity contribution in [2.45, 2.75) is 51.5 Å². The summed E-state index contributed by atoms with van der Waals surface area (Å²) >= 11 is 0. The first-order chi connectivity index (χ1) is 11.2. The van der Waals surface area contributed by atoms with Gasteiger partial charge in [0.1, 0.15) is 5.76 Å². The zero-order valence-electron chi connectivity index (χ0n) is 13.5. The number of fused-ring (bicyclic) bond motifs is 2. The number of nitrogens with one attached hydrogen (secondary N) is 1. The number of rotatable bonds is 2. The van der Waals surface area contributed by atoms with Crippen LogP contribution in [0.15, 0.2) is 28.8 Å². The van der Waals surface area contributed by atoms with Crippen molar-refractivity contribution >= 4 is 5.91 Å². The van der Waals surface area contributed by atoms with E-state index >= 15 is 0 Å². The summed E-state index contributed by atoms with van der Waals surface area (Å²) in [5, 5.41) is 7.25. The van der Waals surface area contributed by atoms with Crippen LogP contribution < -0.4 is 5.32 Å². The fourth-order valence-electron chi connectivity index (χ4n) is 3.89. The van der Waals surface area contributed by atoms with E-state index in [1.165, 1.54) is 11.1 Å². The van der Waals surface area contributed by atoms with Gasteiger partial charge >= 0.3 is 0 Å². The molecule has 1 aromatic heterocycles. The highest BCUT2D eigenvalue weighted by atomic mass is 16.5.